The van der Waals surface area contributed by atoms with E-state index < -0.39 is 0 Å². The molecule has 3 nitrogen and oxygen atoms in total. The van der Waals surface area contributed by atoms with Crippen molar-refractivity contribution in [2.45, 2.75) is 25.7 Å². The van der Waals surface area contributed by atoms with Crippen LogP contribution < -0.4 is 5.32 Å². The van der Waals surface area contributed by atoms with E-state index in [1.54, 1.807) is 7.05 Å². The van der Waals surface area contributed by atoms with Gasteiger partial charge in [0.2, 0.25) is 0 Å². The minimum Gasteiger partial charge on any atom is -0.341 e. The number of nitrogens with zero attached hydrogens (tertiary/aromatic N) is 1. The number of likely N-dealkylation sites (tertiary alicyclic amines) is 1. The van der Waals surface area contributed by atoms with Crippen LogP contribution in [0.5, 0.6) is 0 Å². The van der Waals surface area contributed by atoms with Crippen LogP contribution >= 0.6 is 0 Å². The molecule has 1 spiro atoms. The highest BCUT2D eigenvalue weighted by Gasteiger charge is 2.46. The van der Waals surface area contributed by atoms with Gasteiger partial charge in [-0.15, -0.1) is 0 Å². The highest BCUT2D eigenvalue weighted by atomic mass is 16.2. The monoisotopic (exact) mass is 168 g/mol. The normalized spacial score (nSPS) is 25.6. The molecule has 1 saturated heterocycles. The van der Waals surface area contributed by atoms with Crippen LogP contribution in [0.3, 0.4) is 0 Å². The Morgan fingerprint density at radius 3 is 2.42 bits per heavy atom. The van der Waals surface area contributed by atoms with Crippen molar-refractivity contribution in [1.82, 2.24) is 10.2 Å². The molecule has 68 valence electrons. The fraction of sp³-hybridized carbons (Fsp3) is 0.889. The van der Waals surface area contributed by atoms with E-state index in [9.17, 15) is 4.79 Å². The molecule has 1 aliphatic heterocycles. The molecule has 0 unspecified atom stereocenters. The maximum Gasteiger partial charge on any atom is 0.317 e. The molecule has 1 heterocycles. The lowest BCUT2D eigenvalue weighted by Gasteiger charge is -2.47. The zero-order valence-electron chi connectivity index (χ0n) is 7.60. The van der Waals surface area contributed by atoms with E-state index in [1.807, 2.05) is 4.90 Å². The summed E-state index contributed by atoms with van der Waals surface area (Å²) in [6.07, 6.45) is 5.39. The third-order valence-corrected chi connectivity index (χ3v) is 3.22. The number of hydrogen-bond acceptors (Lipinski definition) is 1. The number of amides is 2. The molecule has 1 saturated carbocycles. The highest BCUT2D eigenvalue weighted by Crippen LogP contribution is 2.45. The predicted molar refractivity (Wildman–Crippen MR) is 46.9 cm³/mol. The van der Waals surface area contributed by atoms with Crippen molar-refractivity contribution in [3.05, 3.63) is 0 Å². The first-order chi connectivity index (χ1) is 5.76. The number of rotatable bonds is 0. The van der Waals surface area contributed by atoms with Crippen LogP contribution in [0, 0.1) is 5.41 Å². The van der Waals surface area contributed by atoms with E-state index in [2.05, 4.69) is 5.32 Å². The third-order valence-electron chi connectivity index (χ3n) is 3.22. The fourth-order valence-electron chi connectivity index (χ4n) is 2.51. The van der Waals surface area contributed by atoms with Gasteiger partial charge in [-0.2, -0.15) is 0 Å². The molecule has 2 aliphatic rings. The number of carbonyl (C=O) groups excluding carboxylic acids is 1. The summed E-state index contributed by atoms with van der Waals surface area (Å²) < 4.78 is 0. The number of urea groups is 1. The largest absolute Gasteiger partial charge is 0.341 e. The maximum atomic E-state index is 11.1. The van der Waals surface area contributed by atoms with E-state index in [-0.39, 0.29) is 6.03 Å². The molecule has 0 atom stereocenters. The first-order valence-electron chi connectivity index (χ1n) is 4.72. The average molecular weight is 168 g/mol. The zero-order chi connectivity index (χ0) is 8.60. The molecule has 2 amide bonds. The number of nitrogens with one attached hydrogen (secondary N) is 1. The summed E-state index contributed by atoms with van der Waals surface area (Å²) >= 11 is 0. The quantitative estimate of drug-likeness (QED) is 0.579. The summed E-state index contributed by atoms with van der Waals surface area (Å²) in [5.41, 5.74) is 0.534. The van der Waals surface area contributed by atoms with Gasteiger partial charge in [0.1, 0.15) is 0 Å². The van der Waals surface area contributed by atoms with Crippen LogP contribution in [-0.4, -0.2) is 31.1 Å². The lowest BCUT2D eigenvalue weighted by molar-refractivity contribution is 0.0380. The van der Waals surface area contributed by atoms with Crippen LogP contribution in [0.1, 0.15) is 25.7 Å². The molecular weight excluding hydrogens is 152 g/mol. The Kier molecular flexibility index (Phi) is 1.74. The smallest absolute Gasteiger partial charge is 0.317 e. The van der Waals surface area contributed by atoms with E-state index in [0.29, 0.717) is 5.41 Å². The molecule has 0 aromatic heterocycles. The summed E-state index contributed by atoms with van der Waals surface area (Å²) in [4.78, 5) is 13.1. The molecule has 2 rings (SSSR count). The first-order valence-corrected chi connectivity index (χ1v) is 4.72. The van der Waals surface area contributed by atoms with Crippen LogP contribution in [0.25, 0.3) is 0 Å². The molecule has 2 fully saturated rings. The molecule has 12 heavy (non-hydrogen) atoms. The van der Waals surface area contributed by atoms with Crippen molar-refractivity contribution in [2.75, 3.05) is 20.1 Å². The standard InChI is InChI=1S/C9H16N2O/c1-10-8(12)11-6-9(7-11)4-2-3-5-9/h2-7H2,1H3,(H,10,12). The fourth-order valence-corrected chi connectivity index (χ4v) is 2.51. The van der Waals surface area contributed by atoms with Gasteiger partial charge in [0, 0.05) is 25.6 Å². The van der Waals surface area contributed by atoms with Gasteiger partial charge in [-0.05, 0) is 12.8 Å². The summed E-state index contributed by atoms with van der Waals surface area (Å²) in [6.45, 7) is 1.99. The summed E-state index contributed by atoms with van der Waals surface area (Å²) in [5.74, 6) is 0. The van der Waals surface area contributed by atoms with Gasteiger partial charge in [-0.25, -0.2) is 4.79 Å². The van der Waals surface area contributed by atoms with Gasteiger partial charge < -0.3 is 10.2 Å². The van der Waals surface area contributed by atoms with Crippen LogP contribution in [0.2, 0.25) is 0 Å². The van der Waals surface area contributed by atoms with Crippen molar-refractivity contribution in [3.63, 3.8) is 0 Å². The van der Waals surface area contributed by atoms with E-state index in [1.165, 1.54) is 25.7 Å². The summed E-state index contributed by atoms with van der Waals surface area (Å²) in [5, 5.41) is 2.66. The predicted octanol–water partition coefficient (Wildman–Crippen LogP) is 1.20. The molecule has 1 N–H and O–H groups in total. The molecule has 1 aliphatic carbocycles. The van der Waals surface area contributed by atoms with E-state index in [0.717, 1.165) is 13.1 Å². The van der Waals surface area contributed by atoms with E-state index >= 15 is 0 Å². The Labute approximate surface area is 73.1 Å². The Hall–Kier alpha value is -0.730. The highest BCUT2D eigenvalue weighted by molar-refractivity contribution is 5.74. The van der Waals surface area contributed by atoms with Gasteiger partial charge >= 0.3 is 6.03 Å². The Bertz CT molecular complexity index is 189. The van der Waals surface area contributed by atoms with Crippen LogP contribution in [0.4, 0.5) is 4.79 Å². The lowest BCUT2D eigenvalue weighted by atomic mass is 9.78. The molecule has 0 radical (unpaired) electrons. The second-order valence-corrected chi connectivity index (χ2v) is 4.12. The molecule has 0 aromatic carbocycles. The maximum absolute atomic E-state index is 11.1. The second kappa shape index (κ2) is 2.64. The van der Waals surface area contributed by atoms with Crippen LogP contribution in [0.15, 0.2) is 0 Å². The van der Waals surface area contributed by atoms with Gasteiger partial charge in [-0.1, -0.05) is 12.8 Å². The third kappa shape index (κ3) is 1.08. The Morgan fingerprint density at radius 1 is 1.33 bits per heavy atom. The van der Waals surface area contributed by atoms with Gasteiger partial charge in [0.05, 0.1) is 0 Å². The summed E-state index contributed by atoms with van der Waals surface area (Å²) in [6, 6.07) is 0.0903. The molecule has 3 heteroatoms. The van der Waals surface area contributed by atoms with Gasteiger partial charge in [-0.3, -0.25) is 0 Å². The Balaban J connectivity index is 1.86. The van der Waals surface area contributed by atoms with E-state index in [4.69, 9.17) is 0 Å². The van der Waals surface area contributed by atoms with Gasteiger partial charge in [0.25, 0.3) is 0 Å². The van der Waals surface area contributed by atoms with Crippen molar-refractivity contribution in [3.8, 4) is 0 Å². The van der Waals surface area contributed by atoms with Crippen molar-refractivity contribution < 1.29 is 4.79 Å². The van der Waals surface area contributed by atoms with Crippen molar-refractivity contribution in [1.29, 1.82) is 0 Å². The Morgan fingerprint density at radius 2 is 1.92 bits per heavy atom. The first kappa shape index (κ1) is 7.90. The minimum atomic E-state index is 0.0903. The minimum absolute atomic E-state index is 0.0903. The van der Waals surface area contributed by atoms with Crippen molar-refractivity contribution in [2.24, 2.45) is 5.41 Å². The summed E-state index contributed by atoms with van der Waals surface area (Å²) in [7, 11) is 1.70. The topological polar surface area (TPSA) is 32.3 Å². The lowest BCUT2D eigenvalue weighted by Crippen LogP contribution is -2.59. The SMILES string of the molecule is CNC(=O)N1CC2(CCCC2)C1. The average Bonchev–Trinajstić information content (AvgIpc) is 2.48. The second-order valence-electron chi connectivity index (χ2n) is 4.12. The zero-order valence-corrected chi connectivity index (χ0v) is 7.60. The van der Waals surface area contributed by atoms with Crippen molar-refractivity contribution >= 4 is 6.03 Å². The number of hydrogen-bond donors (Lipinski definition) is 1. The molecule has 0 bridgehead atoms. The van der Waals surface area contributed by atoms with Gasteiger partial charge in [0.15, 0.2) is 0 Å². The number of carbonyl (C=O) groups is 1. The molecular formula is C9H16N2O. The van der Waals surface area contributed by atoms with Crippen LogP contribution in [-0.2, 0) is 0 Å². The molecule has 0 aromatic rings.